The van der Waals surface area contributed by atoms with Crippen LogP contribution in [0.25, 0.3) is 0 Å². The SMILES string of the molecule is CCCN(CCC)c1nc(C(C)CC)c(CO)s1. The molecule has 0 fully saturated rings. The second kappa shape index (κ2) is 7.74. The molecule has 0 aromatic carbocycles. The molecule has 18 heavy (non-hydrogen) atoms. The fourth-order valence-corrected chi connectivity index (χ4v) is 3.11. The van der Waals surface area contributed by atoms with Crippen molar-refractivity contribution in [3.8, 4) is 0 Å². The zero-order chi connectivity index (χ0) is 13.5. The number of aromatic nitrogens is 1. The van der Waals surface area contributed by atoms with E-state index in [1.54, 1.807) is 11.3 Å². The Morgan fingerprint density at radius 3 is 2.28 bits per heavy atom. The summed E-state index contributed by atoms with van der Waals surface area (Å²) >= 11 is 1.66. The van der Waals surface area contributed by atoms with Crippen LogP contribution < -0.4 is 4.90 Å². The van der Waals surface area contributed by atoms with Crippen molar-refractivity contribution in [2.45, 2.75) is 59.5 Å². The first-order chi connectivity index (χ1) is 8.67. The minimum atomic E-state index is 0.115. The average molecular weight is 270 g/mol. The van der Waals surface area contributed by atoms with Crippen molar-refractivity contribution in [3.05, 3.63) is 10.6 Å². The number of hydrogen-bond acceptors (Lipinski definition) is 4. The van der Waals surface area contributed by atoms with E-state index in [1.807, 2.05) is 0 Å². The molecule has 0 aliphatic heterocycles. The number of hydrogen-bond donors (Lipinski definition) is 1. The molecule has 0 amide bonds. The van der Waals surface area contributed by atoms with Crippen molar-refractivity contribution in [2.24, 2.45) is 0 Å². The van der Waals surface area contributed by atoms with Gasteiger partial charge in [0.2, 0.25) is 0 Å². The summed E-state index contributed by atoms with van der Waals surface area (Å²) in [6, 6.07) is 0. The summed E-state index contributed by atoms with van der Waals surface area (Å²) in [5, 5.41) is 10.6. The summed E-state index contributed by atoms with van der Waals surface area (Å²) < 4.78 is 0. The predicted molar refractivity (Wildman–Crippen MR) is 79.5 cm³/mol. The van der Waals surface area contributed by atoms with E-state index in [1.165, 1.54) is 0 Å². The summed E-state index contributed by atoms with van der Waals surface area (Å²) in [7, 11) is 0. The topological polar surface area (TPSA) is 36.4 Å². The lowest BCUT2D eigenvalue weighted by Gasteiger charge is -2.20. The number of thiazole rings is 1. The Hall–Kier alpha value is -0.610. The number of nitrogens with zero attached hydrogens (tertiary/aromatic N) is 2. The molecule has 1 aromatic heterocycles. The highest BCUT2D eigenvalue weighted by Crippen LogP contribution is 2.32. The molecule has 1 heterocycles. The van der Waals surface area contributed by atoms with Crippen LogP contribution in [0.5, 0.6) is 0 Å². The Kier molecular flexibility index (Phi) is 6.65. The van der Waals surface area contributed by atoms with Crippen LogP contribution in [0.2, 0.25) is 0 Å². The molecule has 0 saturated carbocycles. The fraction of sp³-hybridized carbons (Fsp3) is 0.786. The first-order valence-electron chi connectivity index (χ1n) is 7.03. The van der Waals surface area contributed by atoms with Crippen LogP contribution in [-0.2, 0) is 6.61 Å². The molecular weight excluding hydrogens is 244 g/mol. The third kappa shape index (κ3) is 3.69. The van der Waals surface area contributed by atoms with Crippen molar-refractivity contribution >= 4 is 16.5 Å². The first kappa shape index (κ1) is 15.4. The highest BCUT2D eigenvalue weighted by Gasteiger charge is 2.18. The quantitative estimate of drug-likeness (QED) is 0.781. The van der Waals surface area contributed by atoms with Gasteiger partial charge in [-0.05, 0) is 25.2 Å². The van der Waals surface area contributed by atoms with E-state index in [-0.39, 0.29) is 6.61 Å². The van der Waals surface area contributed by atoms with E-state index in [9.17, 15) is 5.11 Å². The molecule has 0 spiro atoms. The molecule has 1 rings (SSSR count). The highest BCUT2D eigenvalue weighted by molar-refractivity contribution is 7.15. The molecule has 1 N–H and O–H groups in total. The molecule has 3 nitrogen and oxygen atoms in total. The monoisotopic (exact) mass is 270 g/mol. The maximum atomic E-state index is 9.47. The molecular formula is C14H26N2OS. The largest absolute Gasteiger partial charge is 0.391 e. The Balaban J connectivity index is 2.97. The van der Waals surface area contributed by atoms with Crippen LogP contribution in [0.15, 0.2) is 0 Å². The van der Waals surface area contributed by atoms with E-state index in [0.717, 1.165) is 48.1 Å². The zero-order valence-corrected chi connectivity index (χ0v) is 12.9. The van der Waals surface area contributed by atoms with Crippen molar-refractivity contribution in [3.63, 3.8) is 0 Å². The smallest absolute Gasteiger partial charge is 0.185 e. The lowest BCUT2D eigenvalue weighted by molar-refractivity contribution is 0.283. The molecule has 0 aliphatic rings. The minimum Gasteiger partial charge on any atom is -0.391 e. The standard InChI is InChI=1S/C14H26N2OS/c1-5-8-16(9-6-2)14-15-13(11(4)7-3)12(10-17)18-14/h11,17H,5-10H2,1-4H3. The van der Waals surface area contributed by atoms with Gasteiger partial charge in [0.15, 0.2) is 5.13 Å². The van der Waals surface area contributed by atoms with E-state index in [2.05, 4.69) is 32.6 Å². The summed E-state index contributed by atoms with van der Waals surface area (Å²) in [5.41, 5.74) is 1.09. The number of rotatable bonds is 8. The van der Waals surface area contributed by atoms with Crippen LogP contribution in [0.3, 0.4) is 0 Å². The lowest BCUT2D eigenvalue weighted by Crippen LogP contribution is -2.24. The van der Waals surface area contributed by atoms with Gasteiger partial charge in [0.05, 0.1) is 17.2 Å². The van der Waals surface area contributed by atoms with Crippen LogP contribution in [-0.4, -0.2) is 23.2 Å². The van der Waals surface area contributed by atoms with Gasteiger partial charge in [0.25, 0.3) is 0 Å². The average Bonchev–Trinajstić information content (AvgIpc) is 2.81. The Morgan fingerprint density at radius 2 is 1.83 bits per heavy atom. The van der Waals surface area contributed by atoms with Gasteiger partial charge in [-0.3, -0.25) is 0 Å². The third-order valence-corrected chi connectivity index (χ3v) is 4.31. The number of aliphatic hydroxyl groups is 1. The highest BCUT2D eigenvalue weighted by atomic mass is 32.1. The van der Waals surface area contributed by atoms with Gasteiger partial charge in [-0.25, -0.2) is 4.98 Å². The van der Waals surface area contributed by atoms with Crippen molar-refractivity contribution in [1.82, 2.24) is 4.98 Å². The second-order valence-electron chi connectivity index (χ2n) is 4.76. The Bertz CT molecular complexity index is 346. The predicted octanol–water partition coefficient (Wildman–Crippen LogP) is 3.78. The Labute approximate surface area is 115 Å². The molecule has 0 aliphatic carbocycles. The second-order valence-corrected chi connectivity index (χ2v) is 5.82. The minimum absolute atomic E-state index is 0.115. The lowest BCUT2D eigenvalue weighted by atomic mass is 10.0. The molecule has 104 valence electrons. The van der Waals surface area contributed by atoms with E-state index < -0.39 is 0 Å². The zero-order valence-electron chi connectivity index (χ0n) is 12.1. The molecule has 0 saturated heterocycles. The third-order valence-electron chi connectivity index (χ3n) is 3.20. The fourth-order valence-electron chi connectivity index (χ4n) is 2.02. The summed E-state index contributed by atoms with van der Waals surface area (Å²) in [5.74, 6) is 0.433. The van der Waals surface area contributed by atoms with Gasteiger partial charge >= 0.3 is 0 Å². The molecule has 1 atom stereocenters. The van der Waals surface area contributed by atoms with Gasteiger partial charge in [0, 0.05) is 13.1 Å². The van der Waals surface area contributed by atoms with Crippen LogP contribution in [0, 0.1) is 0 Å². The van der Waals surface area contributed by atoms with Gasteiger partial charge in [-0.2, -0.15) is 0 Å². The summed E-state index contributed by atoms with van der Waals surface area (Å²) in [4.78, 5) is 8.16. The van der Waals surface area contributed by atoms with Crippen molar-refractivity contribution in [2.75, 3.05) is 18.0 Å². The maximum Gasteiger partial charge on any atom is 0.185 e. The maximum absolute atomic E-state index is 9.47. The molecule has 1 aromatic rings. The van der Waals surface area contributed by atoms with E-state index in [4.69, 9.17) is 4.98 Å². The molecule has 0 bridgehead atoms. The van der Waals surface area contributed by atoms with Gasteiger partial charge in [-0.15, -0.1) is 0 Å². The van der Waals surface area contributed by atoms with Crippen LogP contribution in [0.4, 0.5) is 5.13 Å². The van der Waals surface area contributed by atoms with Crippen LogP contribution in [0.1, 0.15) is 63.4 Å². The van der Waals surface area contributed by atoms with Crippen molar-refractivity contribution in [1.29, 1.82) is 0 Å². The molecule has 4 heteroatoms. The first-order valence-corrected chi connectivity index (χ1v) is 7.84. The summed E-state index contributed by atoms with van der Waals surface area (Å²) in [6.07, 6.45) is 3.33. The summed E-state index contributed by atoms with van der Waals surface area (Å²) in [6.45, 7) is 10.9. The van der Waals surface area contributed by atoms with E-state index in [0.29, 0.717) is 5.92 Å². The number of aliphatic hydroxyl groups excluding tert-OH is 1. The van der Waals surface area contributed by atoms with Gasteiger partial charge < -0.3 is 10.0 Å². The van der Waals surface area contributed by atoms with Gasteiger partial charge in [-0.1, -0.05) is 39.0 Å². The van der Waals surface area contributed by atoms with Gasteiger partial charge in [0.1, 0.15) is 0 Å². The van der Waals surface area contributed by atoms with Crippen LogP contribution >= 0.6 is 11.3 Å². The molecule has 1 unspecified atom stereocenters. The van der Waals surface area contributed by atoms with E-state index >= 15 is 0 Å². The normalized spacial score (nSPS) is 12.7. The molecule has 0 radical (unpaired) electrons. The number of anilines is 1. The Morgan fingerprint density at radius 1 is 1.22 bits per heavy atom. The van der Waals surface area contributed by atoms with Crippen molar-refractivity contribution < 1.29 is 5.11 Å².